The van der Waals surface area contributed by atoms with Gasteiger partial charge in [0, 0.05) is 142 Å². The molecule has 0 atom stereocenters. The summed E-state index contributed by atoms with van der Waals surface area (Å²) in [5.74, 6) is 0.999. The SMILES string of the molecule is CC(=O)C=C(C)O.CC(=O)C=C(C)O.CC(=O)C=C(C)O.CC(=O)C=C(C)O.CC(=O)C=C(C)O.CCCc1ccc2ccc(-c3[c-]c(C)cc(C)c3)nc2c1.Cc1[c-]c(-c2ccc3c(CC(C)C)cccc3n2)cc(C)c1.Cc1[c-]c(-c2ccc3ccc(CC(C)C)cc3n2)cc(C)c1.Cc1c[c-]c(-c2ccc3ccccc3n2)cc1C.Cc1cccc(-c2ccnc(-c3[c-]cccc3)c2)c1.[Ir].[Ir].[Ir].[Ir].[Ir]. The fraction of sp³-hybridized carbons (Fsp3) is 0.246. The van der Waals surface area contributed by atoms with Gasteiger partial charge in [-0.1, -0.05) is 235 Å². The van der Waals surface area contributed by atoms with E-state index in [0.29, 0.717) is 11.8 Å². The first-order valence-electron chi connectivity index (χ1n) is 45.8. The van der Waals surface area contributed by atoms with Gasteiger partial charge in [-0.25, -0.2) is 0 Å². The molecule has 0 unspecified atom stereocenters. The van der Waals surface area contributed by atoms with E-state index in [1.54, 1.807) is 0 Å². The average molecular weight is 2790 g/mol. The smallest absolute Gasteiger partial charge is 0.155 e. The number of pyridine rings is 5. The van der Waals surface area contributed by atoms with Crippen molar-refractivity contribution in [2.45, 2.75) is 192 Å². The largest absolute Gasteiger partial charge is 0.512 e. The molecule has 0 aliphatic rings. The van der Waals surface area contributed by atoms with E-state index in [9.17, 15) is 24.0 Å². The third-order valence-corrected chi connectivity index (χ3v) is 19.9. The van der Waals surface area contributed by atoms with Crippen LogP contribution in [0.25, 0.3) is 111 Å². The molecule has 5 aromatic heterocycles. The van der Waals surface area contributed by atoms with Gasteiger partial charge in [0.15, 0.2) is 28.9 Å². The Hall–Kier alpha value is -11.7. The number of benzene rings is 10. The molecule has 0 spiro atoms. The van der Waals surface area contributed by atoms with Crippen molar-refractivity contribution < 1.29 is 150 Å². The van der Waals surface area contributed by atoms with Crippen LogP contribution >= 0.6 is 0 Å². The van der Waals surface area contributed by atoms with Crippen LogP contribution in [0, 0.1) is 104 Å². The first-order chi connectivity index (χ1) is 64.9. The number of aryl methyl sites for hydroxylation is 10. The van der Waals surface area contributed by atoms with Crippen molar-refractivity contribution in [2.24, 2.45) is 11.8 Å². The molecule has 0 amide bonds. The van der Waals surface area contributed by atoms with Crippen LogP contribution in [0.4, 0.5) is 0 Å². The molecule has 20 heteroatoms. The number of allylic oxidation sites excluding steroid dienone is 10. The van der Waals surface area contributed by atoms with Crippen molar-refractivity contribution in [2.75, 3.05) is 0 Å². The Balaban J connectivity index is 0.000000812. The normalized spacial score (nSPS) is 10.7. The second kappa shape index (κ2) is 66.2. The van der Waals surface area contributed by atoms with Crippen LogP contribution < -0.4 is 0 Å². The van der Waals surface area contributed by atoms with Gasteiger partial charge in [-0.15, -0.1) is 175 Å². The first kappa shape index (κ1) is 128. The summed E-state index contributed by atoms with van der Waals surface area (Å²) in [7, 11) is 0. The number of para-hydroxylation sites is 1. The van der Waals surface area contributed by atoms with Gasteiger partial charge in [0.2, 0.25) is 0 Å². The quantitative estimate of drug-likeness (QED) is 0.0323. The average Bonchev–Trinajstić information content (AvgIpc) is 0.759. The van der Waals surface area contributed by atoms with E-state index in [2.05, 4.69) is 319 Å². The maximum absolute atomic E-state index is 10.0. The molecule has 0 saturated carbocycles. The number of aliphatic hydroxyl groups excluding tert-OH is 5. The van der Waals surface area contributed by atoms with Gasteiger partial charge in [-0.2, -0.15) is 0 Å². The molecule has 15 nitrogen and oxygen atoms in total. The molecule has 0 fully saturated rings. The Bertz CT molecular complexity index is 6500. The zero-order valence-electron chi connectivity index (χ0n) is 85.6. The minimum atomic E-state index is -0.125. The third kappa shape index (κ3) is 48.4. The fourth-order valence-corrected chi connectivity index (χ4v) is 14.4. The number of hydrogen-bond acceptors (Lipinski definition) is 15. The van der Waals surface area contributed by atoms with E-state index in [-0.39, 0.29) is 158 Å². The summed E-state index contributed by atoms with van der Waals surface area (Å²) in [4.78, 5) is 73.8. The molecule has 0 aliphatic heterocycles. The maximum atomic E-state index is 10.0. The summed E-state index contributed by atoms with van der Waals surface area (Å²) in [6, 6.07) is 99.2. The molecule has 5 radical (unpaired) electrons. The second-order valence-electron chi connectivity index (χ2n) is 35.0. The summed E-state index contributed by atoms with van der Waals surface area (Å²) in [5.41, 5.74) is 32.1. The van der Waals surface area contributed by atoms with Crippen molar-refractivity contribution >= 4 is 72.5 Å². The Kier molecular flexibility index (Phi) is 59.8. The van der Waals surface area contributed by atoms with E-state index in [4.69, 9.17) is 40.5 Å². The molecule has 15 rings (SSSR count). The van der Waals surface area contributed by atoms with E-state index in [1.807, 2.05) is 60.8 Å². The minimum absolute atomic E-state index is 0. The minimum Gasteiger partial charge on any atom is -0.512 e. The van der Waals surface area contributed by atoms with Crippen molar-refractivity contribution in [1.29, 1.82) is 0 Å². The molecular weight excluding hydrogens is 2660 g/mol. The molecule has 15 aromatic rings. The van der Waals surface area contributed by atoms with Crippen molar-refractivity contribution in [1.82, 2.24) is 24.9 Å². The number of aromatic nitrogens is 5. The topological polar surface area (TPSA) is 251 Å². The maximum Gasteiger partial charge on any atom is 0.155 e. The third-order valence-electron chi connectivity index (χ3n) is 19.9. The molecule has 0 saturated heterocycles. The predicted octanol–water partition coefficient (Wildman–Crippen LogP) is 30.3. The van der Waals surface area contributed by atoms with Gasteiger partial charge in [-0.3, -0.25) is 43.9 Å². The van der Waals surface area contributed by atoms with Crippen LogP contribution in [-0.4, -0.2) is 79.4 Å². The van der Waals surface area contributed by atoms with Crippen LogP contribution in [0.5, 0.6) is 0 Å². The molecule has 0 bridgehead atoms. The number of rotatable bonds is 17. The van der Waals surface area contributed by atoms with Crippen LogP contribution in [-0.2, 0) is 144 Å². The number of carbonyl (C=O) groups excluding carboxylic acids is 5. The number of fused-ring (bicyclic) bond motifs is 4. The van der Waals surface area contributed by atoms with Gasteiger partial charge in [0.25, 0.3) is 0 Å². The number of carbonyl (C=O) groups is 5. The van der Waals surface area contributed by atoms with Crippen molar-refractivity contribution in [3.8, 4) is 67.4 Å². The Morgan fingerprint density at radius 2 is 0.711 bits per heavy atom. The standard InChI is InChI=1S/2C21H22N.C20H20N.C18H14N.C17H14N.5C5H8O2.5Ir/c1-14(2)9-17-5-6-18-7-8-20(22-21(18)13-17)19-11-15(3)10-16(4)12-19;1-14(2)10-17-6-5-7-21-19(17)8-9-20(22-21)18-12-15(3)11-16(4)13-18;1-4-5-16-6-7-17-8-9-19(21-20(17)13-16)18-11-14(2)10-15(3)12-18;1-14-6-5-9-16(12-14)17-10-11-19-18(13-17)15-7-3-2-4-8-15;1-12-7-8-15(11-13(12)2)17-10-9-14-5-3-4-6-16(14)18-17;5*1-4(6)3-5(2)7;;;;;/h5-8,10-11,13-14H,9H2,1-4H3;5-9,11-12,14H,10H2,1-4H3;6-11,13H,4-5H2,1-3H3;2-7,9-13H,1H3;3-7,9-11H,1-2H3;5*3,6H,1-2H3;;;;;/q5*-1;;;;;;;;;;. The Labute approximate surface area is 909 Å². The molecule has 142 heavy (non-hydrogen) atoms. The van der Waals surface area contributed by atoms with Crippen LogP contribution in [0.2, 0.25) is 0 Å². The monoisotopic (exact) mass is 2790 g/mol. The van der Waals surface area contributed by atoms with Crippen LogP contribution in [0.1, 0.15) is 177 Å². The summed E-state index contributed by atoms with van der Waals surface area (Å²) in [5, 5.41) is 46.6. The second-order valence-corrected chi connectivity index (χ2v) is 35.0. The summed E-state index contributed by atoms with van der Waals surface area (Å²) >= 11 is 0. The van der Waals surface area contributed by atoms with E-state index >= 15 is 0 Å². The molecule has 5 N–H and O–H groups in total. The molecule has 755 valence electrons. The Morgan fingerprint density at radius 3 is 1.12 bits per heavy atom. The van der Waals surface area contributed by atoms with Gasteiger partial charge < -0.3 is 30.5 Å². The summed E-state index contributed by atoms with van der Waals surface area (Å²) in [6.07, 6.45) is 12.1. The van der Waals surface area contributed by atoms with Gasteiger partial charge in [0.1, 0.15) is 0 Å². The summed E-state index contributed by atoms with van der Waals surface area (Å²) < 4.78 is 0. The molecule has 0 aliphatic carbocycles. The molecular formula is C122H132Ir5N5O10-5. The van der Waals surface area contributed by atoms with Crippen molar-refractivity contribution in [3.05, 3.63) is 399 Å². The van der Waals surface area contributed by atoms with E-state index in [0.717, 1.165) is 121 Å². The van der Waals surface area contributed by atoms with Crippen LogP contribution in [0.3, 0.4) is 0 Å². The van der Waals surface area contributed by atoms with Crippen molar-refractivity contribution in [3.63, 3.8) is 0 Å². The van der Waals surface area contributed by atoms with Gasteiger partial charge >= 0.3 is 0 Å². The molecule has 10 aromatic carbocycles. The zero-order chi connectivity index (χ0) is 101. The predicted molar refractivity (Wildman–Crippen MR) is 567 cm³/mol. The fourth-order valence-electron chi connectivity index (χ4n) is 14.4. The van der Waals surface area contributed by atoms with Crippen LogP contribution in [0.15, 0.2) is 302 Å². The summed E-state index contributed by atoms with van der Waals surface area (Å²) in [6.45, 7) is 44.4. The number of ketones is 5. The number of hydrogen-bond donors (Lipinski definition) is 5. The Morgan fingerprint density at radius 1 is 0.324 bits per heavy atom. The van der Waals surface area contributed by atoms with E-state index < -0.39 is 0 Å². The van der Waals surface area contributed by atoms with Gasteiger partial charge in [-0.05, 0) is 210 Å². The first-order valence-corrected chi connectivity index (χ1v) is 45.8. The molecule has 5 heterocycles. The number of aliphatic hydroxyl groups is 5. The number of nitrogens with zero attached hydrogens (tertiary/aromatic N) is 5. The van der Waals surface area contributed by atoms with E-state index in [1.165, 1.54) is 182 Å². The van der Waals surface area contributed by atoms with Gasteiger partial charge in [0.05, 0.1) is 50.9 Å². The zero-order valence-corrected chi connectivity index (χ0v) is 97.6.